The highest BCUT2D eigenvalue weighted by Gasteiger charge is 2.40. The Labute approximate surface area is 188 Å². The molecule has 0 heterocycles. The molecule has 0 bridgehead atoms. The molecule has 0 aliphatic heterocycles. The molecule has 2 aromatic rings. The first-order valence-electron chi connectivity index (χ1n) is 9.38. The Morgan fingerprint density at radius 2 is 1.75 bits per heavy atom. The van der Waals surface area contributed by atoms with Crippen LogP contribution in [0.5, 0.6) is 0 Å². The van der Waals surface area contributed by atoms with Crippen LogP contribution in [0.3, 0.4) is 0 Å². The van der Waals surface area contributed by atoms with Gasteiger partial charge >= 0.3 is 6.18 Å². The summed E-state index contributed by atoms with van der Waals surface area (Å²) in [6.45, 7) is 0.0965. The van der Waals surface area contributed by atoms with Gasteiger partial charge in [-0.1, -0.05) is 17.7 Å². The van der Waals surface area contributed by atoms with Crippen molar-refractivity contribution in [3.05, 3.63) is 58.6 Å². The monoisotopic (exact) mass is 509 g/mol. The minimum absolute atomic E-state index is 0.0793. The van der Waals surface area contributed by atoms with Crippen LogP contribution in [0.15, 0.2) is 52.3 Å². The van der Waals surface area contributed by atoms with Gasteiger partial charge in [-0.25, -0.2) is 16.8 Å². The topological polar surface area (TPSA) is 97.4 Å². The van der Waals surface area contributed by atoms with Crippen LogP contribution in [0.25, 0.3) is 0 Å². The summed E-state index contributed by atoms with van der Waals surface area (Å²) in [6.07, 6.45) is -3.37. The molecule has 1 aliphatic rings. The molecular weight excluding hydrogens is 491 g/mol. The second kappa shape index (κ2) is 8.68. The molecule has 3 rings (SSSR count). The lowest BCUT2D eigenvalue weighted by Crippen LogP contribution is -2.42. The van der Waals surface area contributed by atoms with Gasteiger partial charge in [-0.15, -0.1) is 0 Å². The Kier molecular flexibility index (Phi) is 6.65. The number of nitrogens with one attached hydrogen (secondary N) is 1. The van der Waals surface area contributed by atoms with Crippen molar-refractivity contribution < 1.29 is 34.8 Å². The van der Waals surface area contributed by atoms with Crippen LogP contribution in [0, 0.1) is 5.92 Å². The molecule has 1 amide bonds. The number of benzene rings is 2. The van der Waals surface area contributed by atoms with Crippen molar-refractivity contribution in [2.24, 2.45) is 5.92 Å². The van der Waals surface area contributed by atoms with Crippen molar-refractivity contribution in [3.63, 3.8) is 0 Å². The maximum absolute atomic E-state index is 12.9. The van der Waals surface area contributed by atoms with Gasteiger partial charge in [0.05, 0.1) is 26.2 Å². The van der Waals surface area contributed by atoms with Crippen molar-refractivity contribution in [1.29, 1.82) is 0 Å². The molecule has 2 aromatic carbocycles. The van der Waals surface area contributed by atoms with Gasteiger partial charge in [-0.05, 0) is 55.2 Å². The van der Waals surface area contributed by atoms with Crippen LogP contribution in [0.1, 0.15) is 28.8 Å². The van der Waals surface area contributed by atoms with Crippen molar-refractivity contribution in [1.82, 2.24) is 5.32 Å². The van der Waals surface area contributed by atoms with Crippen LogP contribution < -0.4 is 5.32 Å². The fraction of sp³-hybridized carbons (Fsp3) is 0.350. The Bertz CT molecular complexity index is 1250. The standard InChI is InChI=1S/C20H19ClF3NO5S2/c1-31(27,28)18-10-14(21)5-6-17(18)19(26)25-11-12-7-16(8-12)32(29,30)15-4-2-3-13(9-15)20(22,23)24/h2-6,9-10,12,16H,7-8,11H2,1H3,(H,25,26)/t12-,16-. The van der Waals surface area contributed by atoms with Crippen molar-refractivity contribution in [2.45, 2.75) is 34.1 Å². The zero-order chi connectivity index (χ0) is 23.9. The normalized spacial score (nSPS) is 19.3. The van der Waals surface area contributed by atoms with Crippen LogP contribution in [-0.2, 0) is 25.9 Å². The van der Waals surface area contributed by atoms with E-state index >= 15 is 0 Å². The van der Waals surface area contributed by atoms with Gasteiger partial charge in [-0.3, -0.25) is 4.79 Å². The average molecular weight is 510 g/mol. The molecule has 174 valence electrons. The molecule has 0 aromatic heterocycles. The second-order valence-electron chi connectivity index (χ2n) is 7.65. The van der Waals surface area contributed by atoms with Gasteiger partial charge in [0.15, 0.2) is 19.7 Å². The van der Waals surface area contributed by atoms with Crippen LogP contribution in [0.4, 0.5) is 13.2 Å². The fourth-order valence-corrected chi connectivity index (χ4v) is 6.59. The van der Waals surface area contributed by atoms with Gasteiger partial charge in [0.1, 0.15) is 0 Å². The molecule has 1 N–H and O–H groups in total. The van der Waals surface area contributed by atoms with E-state index in [-0.39, 0.29) is 40.8 Å². The molecule has 1 aliphatic carbocycles. The number of hydrogen-bond donors (Lipinski definition) is 1. The number of carbonyl (C=O) groups excluding carboxylic acids is 1. The molecule has 0 atom stereocenters. The molecule has 1 fully saturated rings. The largest absolute Gasteiger partial charge is 0.416 e. The summed E-state index contributed by atoms with van der Waals surface area (Å²) in [4.78, 5) is 11.8. The third-order valence-corrected chi connectivity index (χ3v) is 8.81. The van der Waals surface area contributed by atoms with Gasteiger partial charge in [0, 0.05) is 17.8 Å². The number of amides is 1. The van der Waals surface area contributed by atoms with Crippen LogP contribution in [-0.4, -0.2) is 40.8 Å². The quantitative estimate of drug-likeness (QED) is 0.639. The molecule has 0 unspecified atom stereocenters. The highest BCUT2D eigenvalue weighted by molar-refractivity contribution is 7.92. The smallest absolute Gasteiger partial charge is 0.352 e. The number of alkyl halides is 3. The Hall–Kier alpha value is -2.11. The highest BCUT2D eigenvalue weighted by Crippen LogP contribution is 2.38. The highest BCUT2D eigenvalue weighted by atomic mass is 35.5. The lowest BCUT2D eigenvalue weighted by molar-refractivity contribution is -0.137. The lowest BCUT2D eigenvalue weighted by Gasteiger charge is -2.35. The summed E-state index contributed by atoms with van der Waals surface area (Å²) in [7, 11) is -7.65. The maximum Gasteiger partial charge on any atom is 0.416 e. The van der Waals surface area contributed by atoms with E-state index in [2.05, 4.69) is 5.32 Å². The number of sulfone groups is 2. The third-order valence-electron chi connectivity index (χ3n) is 5.26. The second-order valence-corrected chi connectivity index (χ2v) is 12.3. The molecule has 12 heteroatoms. The Morgan fingerprint density at radius 3 is 2.34 bits per heavy atom. The van der Waals surface area contributed by atoms with Crippen LogP contribution >= 0.6 is 11.6 Å². The average Bonchev–Trinajstić information content (AvgIpc) is 2.65. The van der Waals surface area contributed by atoms with Crippen molar-refractivity contribution in [2.75, 3.05) is 12.8 Å². The summed E-state index contributed by atoms with van der Waals surface area (Å²) in [5, 5.41) is 1.89. The fourth-order valence-electron chi connectivity index (χ4n) is 3.46. The minimum atomic E-state index is -4.65. The predicted octanol–water partition coefficient (Wildman–Crippen LogP) is 3.74. The number of hydrogen-bond acceptors (Lipinski definition) is 5. The zero-order valence-electron chi connectivity index (χ0n) is 16.7. The van der Waals surface area contributed by atoms with E-state index in [0.717, 1.165) is 24.5 Å². The van der Waals surface area contributed by atoms with E-state index in [1.165, 1.54) is 18.2 Å². The SMILES string of the molecule is CS(=O)(=O)c1cc(Cl)ccc1C(=O)NC[C@H]1C[C@H](S(=O)(=O)c2cccc(C(F)(F)F)c2)C1. The summed E-state index contributed by atoms with van der Waals surface area (Å²) in [5.74, 6) is -0.857. The van der Waals surface area contributed by atoms with E-state index in [0.29, 0.717) is 6.07 Å². The summed E-state index contributed by atoms with van der Waals surface area (Å²) >= 11 is 5.82. The van der Waals surface area contributed by atoms with Gasteiger partial charge in [0.25, 0.3) is 5.91 Å². The predicted molar refractivity (Wildman–Crippen MR) is 112 cm³/mol. The molecule has 1 saturated carbocycles. The van der Waals surface area contributed by atoms with E-state index in [9.17, 15) is 34.8 Å². The molecule has 32 heavy (non-hydrogen) atoms. The first kappa shape index (κ1) is 24.5. The summed E-state index contributed by atoms with van der Waals surface area (Å²) in [5.41, 5.74) is -1.12. The first-order chi connectivity index (χ1) is 14.7. The third kappa shape index (κ3) is 5.26. The van der Waals surface area contributed by atoms with Crippen molar-refractivity contribution >= 4 is 37.2 Å². The van der Waals surface area contributed by atoms with Gasteiger partial charge in [0.2, 0.25) is 0 Å². The van der Waals surface area contributed by atoms with E-state index in [1.54, 1.807) is 0 Å². The minimum Gasteiger partial charge on any atom is -0.352 e. The number of halogens is 4. The number of carbonyl (C=O) groups is 1. The number of rotatable bonds is 6. The van der Waals surface area contributed by atoms with E-state index in [1.807, 2.05) is 0 Å². The van der Waals surface area contributed by atoms with E-state index in [4.69, 9.17) is 11.6 Å². The van der Waals surface area contributed by atoms with E-state index < -0.39 is 47.5 Å². The molecule has 0 spiro atoms. The molecule has 0 saturated heterocycles. The molecule has 6 nitrogen and oxygen atoms in total. The lowest BCUT2D eigenvalue weighted by atomic mass is 9.85. The first-order valence-corrected chi connectivity index (χ1v) is 13.2. The summed E-state index contributed by atoms with van der Waals surface area (Å²) < 4.78 is 87.8. The molecular formula is C20H19ClF3NO5S2. The molecule has 0 radical (unpaired) electrons. The zero-order valence-corrected chi connectivity index (χ0v) is 19.1. The van der Waals surface area contributed by atoms with Gasteiger partial charge in [-0.2, -0.15) is 13.2 Å². The van der Waals surface area contributed by atoms with Crippen molar-refractivity contribution in [3.8, 4) is 0 Å². The Morgan fingerprint density at radius 1 is 1.09 bits per heavy atom. The Balaban J connectivity index is 1.64. The summed E-state index contributed by atoms with van der Waals surface area (Å²) in [6, 6.07) is 7.45. The van der Waals surface area contributed by atoms with Crippen LogP contribution in [0.2, 0.25) is 5.02 Å². The van der Waals surface area contributed by atoms with Gasteiger partial charge < -0.3 is 5.32 Å². The maximum atomic E-state index is 12.9.